The van der Waals surface area contributed by atoms with Crippen molar-refractivity contribution >= 4 is 98.7 Å². The average Bonchev–Trinajstić information content (AvgIpc) is 0.765. The molecule has 0 aliphatic heterocycles. The van der Waals surface area contributed by atoms with Crippen molar-refractivity contribution in [3.05, 3.63) is 214 Å². The van der Waals surface area contributed by atoms with Gasteiger partial charge in [0, 0.05) is 30.1 Å². The molecule has 20 nitrogen and oxygen atoms in total. The summed E-state index contributed by atoms with van der Waals surface area (Å²) >= 11 is 0. The van der Waals surface area contributed by atoms with Crippen molar-refractivity contribution in [3.63, 3.8) is 0 Å². The van der Waals surface area contributed by atoms with Crippen LogP contribution in [-0.4, -0.2) is 142 Å². The Morgan fingerprint density at radius 2 is 0.684 bits per heavy atom. The fraction of sp³-hybridized carbons (Fsp3) is 0.274. The Labute approximate surface area is 569 Å². The van der Waals surface area contributed by atoms with E-state index in [-0.39, 0.29) is 45.4 Å². The van der Waals surface area contributed by atoms with Gasteiger partial charge in [0.25, 0.3) is 5.92 Å². The van der Waals surface area contributed by atoms with Gasteiger partial charge in [0.1, 0.15) is 12.4 Å². The first-order valence-corrected chi connectivity index (χ1v) is 40.2. The van der Waals surface area contributed by atoms with Crippen molar-refractivity contribution in [1.29, 1.82) is 0 Å². The maximum absolute atomic E-state index is 13.9. The molecule has 6 aromatic carbocycles. The zero-order chi connectivity index (χ0) is 74.3. The van der Waals surface area contributed by atoms with E-state index in [1.807, 2.05) is 0 Å². The molecule has 538 valence electrons. The summed E-state index contributed by atoms with van der Waals surface area (Å²) in [5.41, 5.74) is -12.6. The maximum atomic E-state index is 13.9. The predicted molar refractivity (Wildman–Crippen MR) is 350 cm³/mol. The molecule has 98 heavy (non-hydrogen) atoms. The van der Waals surface area contributed by atoms with Crippen LogP contribution in [0.25, 0.3) is 0 Å². The summed E-state index contributed by atoms with van der Waals surface area (Å²) in [5, 5.41) is 0. The van der Waals surface area contributed by atoms with Crippen LogP contribution < -0.4 is 0 Å². The summed E-state index contributed by atoms with van der Waals surface area (Å²) < 4.78 is 260. The smallest absolute Gasteiger partial charge is 0.463 e. The summed E-state index contributed by atoms with van der Waals surface area (Å²) in [7, 11) is -36.7. The molecule has 0 bridgehead atoms. The number of esters is 3. The van der Waals surface area contributed by atoms with Gasteiger partial charge in [-0.2, -0.15) is 26.3 Å². The highest BCUT2D eigenvalue weighted by Crippen LogP contribution is 2.41. The highest BCUT2D eigenvalue weighted by atomic mass is 32.3. The topological polar surface area (TPSA) is 302 Å². The molecule has 0 amide bonds. The molecule has 2 unspecified atom stereocenters. The van der Waals surface area contributed by atoms with Crippen molar-refractivity contribution in [2.24, 2.45) is 0 Å². The number of sulfone groups is 6. The molecule has 0 radical (unpaired) electrons. The second kappa shape index (κ2) is 36.9. The normalized spacial score (nSPS) is 13.1. The van der Waals surface area contributed by atoms with Crippen LogP contribution in [0.15, 0.2) is 236 Å². The number of carbonyl (C=O) groups excluding carboxylic acids is 3. The molecule has 0 N–H and O–H groups in total. The number of ether oxygens (including phenoxy) is 5. The standard InChI is InChI=1S/2C18H15S.C13H18F5O9S3.C13H18F3O11S3/c2*1-4-10-16(11-5-1)19(17-12-6-2-7-13-17)18-14-8-3-9-15-18;1-8(2)10(19)27-9(3)26-6-5-12(14,15)7-29(22,23)11(28(4,20)21)30(24,25)13(16,17)18;1-8(2)11(18)27-9(3)25-5-6-26-10(17)7-29(21,22)12(28(4,19)20)30(23,24)13(14,15)16/h2*1-15H;2*9H,1,5-7H2,2-4H3/q2*+1;2*-1. The zero-order valence-electron chi connectivity index (χ0n) is 52.6. The van der Waals surface area contributed by atoms with Gasteiger partial charge in [0.05, 0.1) is 87.9 Å². The molecular formula is C62H66F8O20S8. The van der Waals surface area contributed by atoms with E-state index in [4.69, 9.17) is 9.47 Å². The summed E-state index contributed by atoms with van der Waals surface area (Å²) in [6.45, 7) is 9.47. The number of benzene rings is 6. The predicted octanol–water partition coefficient (Wildman–Crippen LogP) is 10.8. The quantitative estimate of drug-likeness (QED) is 0.00644. The van der Waals surface area contributed by atoms with Gasteiger partial charge in [0.2, 0.25) is 6.29 Å². The molecule has 2 atom stereocenters. The Kier molecular flexibility index (Phi) is 32.1. The molecule has 0 aromatic heterocycles. The second-order valence-corrected chi connectivity index (χ2v) is 37.1. The molecule has 0 saturated heterocycles. The number of hydrogen-bond acceptors (Lipinski definition) is 20. The molecule has 36 heteroatoms. The highest BCUT2D eigenvalue weighted by molar-refractivity contribution is 8.29. The van der Waals surface area contributed by atoms with E-state index in [2.05, 4.69) is 209 Å². The van der Waals surface area contributed by atoms with Gasteiger partial charge in [-0.1, -0.05) is 122 Å². The summed E-state index contributed by atoms with van der Waals surface area (Å²) in [6.07, 6.45) is -4.24. The Morgan fingerprint density at radius 1 is 0.429 bits per heavy atom. The minimum Gasteiger partial charge on any atom is -0.463 e. The van der Waals surface area contributed by atoms with Gasteiger partial charge in [-0.3, -0.25) is 55.3 Å². The van der Waals surface area contributed by atoms with Crippen LogP contribution in [0.2, 0.25) is 0 Å². The Morgan fingerprint density at radius 3 is 0.929 bits per heavy atom. The highest BCUT2D eigenvalue weighted by Gasteiger charge is 2.53. The molecule has 0 aliphatic rings. The van der Waals surface area contributed by atoms with E-state index < -0.39 is 152 Å². The third-order valence-corrected chi connectivity index (χ3v) is 31.0. The first kappa shape index (κ1) is 85.2. The van der Waals surface area contributed by atoms with E-state index in [1.54, 1.807) is 0 Å². The lowest BCUT2D eigenvalue weighted by Gasteiger charge is -2.30. The maximum Gasteiger partial charge on any atom is 0.470 e. The van der Waals surface area contributed by atoms with Gasteiger partial charge < -0.3 is 23.7 Å². The number of rotatable bonds is 28. The zero-order valence-corrected chi connectivity index (χ0v) is 59.1. The average molecular weight is 1540 g/mol. The molecule has 6 rings (SSSR count). The Balaban J connectivity index is 0.000000346. The van der Waals surface area contributed by atoms with Crippen molar-refractivity contribution in [1.82, 2.24) is 0 Å². The van der Waals surface area contributed by atoms with Gasteiger partial charge in [-0.25, -0.2) is 18.4 Å². The van der Waals surface area contributed by atoms with Crippen molar-refractivity contribution in [2.75, 3.05) is 43.8 Å². The Hall–Kier alpha value is -7.03. The molecule has 0 aliphatic carbocycles. The van der Waals surface area contributed by atoms with Crippen LogP contribution >= 0.6 is 0 Å². The van der Waals surface area contributed by atoms with Crippen molar-refractivity contribution in [3.8, 4) is 0 Å². The first-order chi connectivity index (χ1) is 45.2. The summed E-state index contributed by atoms with van der Waals surface area (Å²) in [6, 6.07) is 64.3. The second-order valence-electron chi connectivity index (χ2n) is 20.0. The molecule has 6 aromatic rings. The number of hydrogen-bond donors (Lipinski definition) is 0. The fourth-order valence-corrected chi connectivity index (χ4v) is 24.8. The van der Waals surface area contributed by atoms with Crippen LogP contribution in [0.5, 0.6) is 0 Å². The lowest BCUT2D eigenvalue weighted by atomic mass is 10.3. The third kappa shape index (κ3) is 26.9. The fourth-order valence-electron chi connectivity index (χ4n) is 7.52. The van der Waals surface area contributed by atoms with Crippen LogP contribution in [0, 0.1) is 7.83 Å². The lowest BCUT2D eigenvalue weighted by Crippen LogP contribution is -2.42. The molecule has 0 spiro atoms. The number of carbonyl (C=O) groups is 3. The van der Waals surface area contributed by atoms with Crippen LogP contribution in [0.4, 0.5) is 35.1 Å². The number of alkyl halides is 8. The van der Waals surface area contributed by atoms with Gasteiger partial charge in [-0.15, -0.1) is 0 Å². The molecular weight excluding hydrogens is 1470 g/mol. The van der Waals surface area contributed by atoms with E-state index >= 15 is 0 Å². The van der Waals surface area contributed by atoms with Crippen LogP contribution in [-0.2, 0) is 119 Å². The lowest BCUT2D eigenvalue weighted by molar-refractivity contribution is -0.174. The SMILES string of the molecule is C=C(C)C(=O)OC(C)OCCC(F)(F)CS(=O)(=O)[C-](S(C)(=O)=O)S(=O)(=O)C(F)(F)F.C=C(C)C(=O)OC(C)OCCOC(=O)CS(=O)(=O)[C-](S(C)(=O)=O)S(=O)(=O)C(F)(F)F.c1ccc([S+](c2ccccc2)c2ccccc2)cc1.c1ccc([S+](c2ccccc2)c2ccccc2)cc1. The summed E-state index contributed by atoms with van der Waals surface area (Å²) in [5.74, 6) is -12.4. The van der Waals surface area contributed by atoms with Gasteiger partial charge in [0.15, 0.2) is 55.3 Å². The monoisotopic (exact) mass is 1540 g/mol. The van der Waals surface area contributed by atoms with Crippen LogP contribution in [0.3, 0.4) is 0 Å². The minimum absolute atomic E-state index is 0.0146. The third-order valence-electron chi connectivity index (χ3n) is 11.5. The molecule has 0 heterocycles. The van der Waals surface area contributed by atoms with Gasteiger partial charge in [-0.05, 0) is 100 Å². The van der Waals surface area contributed by atoms with E-state index in [1.165, 1.54) is 50.1 Å². The van der Waals surface area contributed by atoms with E-state index in [0.29, 0.717) is 0 Å². The van der Waals surface area contributed by atoms with Crippen LogP contribution in [0.1, 0.15) is 34.1 Å². The molecule has 0 saturated carbocycles. The van der Waals surface area contributed by atoms with Gasteiger partial charge >= 0.3 is 28.9 Å². The van der Waals surface area contributed by atoms with E-state index in [9.17, 15) is 100 Å². The largest absolute Gasteiger partial charge is 0.470 e. The Bertz CT molecular complexity index is 4010. The molecule has 0 fully saturated rings. The number of halogens is 8. The van der Waals surface area contributed by atoms with Crippen molar-refractivity contribution in [2.45, 2.75) is 93.0 Å². The first-order valence-electron chi connectivity index (χ1n) is 27.7. The van der Waals surface area contributed by atoms with E-state index in [0.717, 1.165) is 6.92 Å². The minimum atomic E-state index is -6.97. The summed E-state index contributed by atoms with van der Waals surface area (Å²) in [4.78, 5) is 42.1. The van der Waals surface area contributed by atoms with Crippen molar-refractivity contribution < 1.29 is 124 Å².